The Balaban J connectivity index is 1.30. The molecule has 71 heavy (non-hydrogen) atoms. The number of anilines is 1. The molecule has 0 aliphatic carbocycles. The number of esters is 1. The molecular formula is C54H69N5O12. The SMILES string of the molecule is CO[C@H]1/C=C/O[C@@]2(C)Oc3c(C)c(O)c4c(O)c(c5c(c4c3C2=O)NC2(CCN(CC(C)C)CC2)N=5)=NC(=O)/C(C)=C\C=C\[C@H](C)[C@H](O)[C@@H](C)[C@@H](O)[C@@H](C)[C@H](OC(=O)CC(=O)NCc2ccccc2)[C@@H]1C. The van der Waals surface area contributed by atoms with Crippen LogP contribution in [0.4, 0.5) is 5.69 Å². The number of phenolic OH excluding ortho intramolecular Hbond substituents is 2. The Labute approximate surface area is 414 Å². The number of aromatic hydroxyl groups is 2. The number of allylic oxidation sites excluding steroid dienone is 2. The Morgan fingerprint density at radius 2 is 1.63 bits per heavy atom. The zero-order valence-electron chi connectivity index (χ0n) is 42.3. The molecule has 0 aromatic heterocycles. The van der Waals surface area contributed by atoms with Crippen molar-refractivity contribution in [1.82, 2.24) is 10.2 Å². The van der Waals surface area contributed by atoms with Gasteiger partial charge >= 0.3 is 11.8 Å². The third-order valence-corrected chi connectivity index (χ3v) is 14.5. The Hall–Kier alpha value is -6.14. The van der Waals surface area contributed by atoms with Gasteiger partial charge in [-0.15, -0.1) is 0 Å². The maximum Gasteiger partial charge on any atom is 0.315 e. The summed E-state index contributed by atoms with van der Waals surface area (Å²) in [4.78, 5) is 67.3. The van der Waals surface area contributed by atoms with Crippen molar-refractivity contribution < 1.29 is 58.6 Å². The van der Waals surface area contributed by atoms with Gasteiger partial charge in [-0.2, -0.15) is 0 Å². The fourth-order valence-electron chi connectivity index (χ4n) is 10.2. The van der Waals surface area contributed by atoms with Gasteiger partial charge in [0.2, 0.25) is 5.91 Å². The Morgan fingerprint density at radius 3 is 2.30 bits per heavy atom. The highest BCUT2D eigenvalue weighted by Crippen LogP contribution is 2.51. The van der Waals surface area contributed by atoms with Gasteiger partial charge in [0.1, 0.15) is 40.4 Å². The number of aliphatic hydroxyl groups excluding tert-OH is 2. The van der Waals surface area contributed by atoms with E-state index in [1.54, 1.807) is 46.8 Å². The zero-order chi connectivity index (χ0) is 51.7. The topological polar surface area (TPSA) is 238 Å². The molecule has 17 heteroatoms. The van der Waals surface area contributed by atoms with Crippen molar-refractivity contribution >= 4 is 40.0 Å². The summed E-state index contributed by atoms with van der Waals surface area (Å²) >= 11 is 0. The molecule has 5 aliphatic heterocycles. The van der Waals surface area contributed by atoms with Crippen LogP contribution in [0.25, 0.3) is 10.8 Å². The van der Waals surface area contributed by atoms with Crippen LogP contribution in [0.1, 0.15) is 96.1 Å². The average molecular weight is 980 g/mol. The number of phenols is 2. The van der Waals surface area contributed by atoms with Gasteiger partial charge in [-0.05, 0) is 31.4 Å². The number of methoxy groups -OCH3 is 1. The van der Waals surface area contributed by atoms with Gasteiger partial charge in [0, 0.05) is 93.2 Å². The van der Waals surface area contributed by atoms with E-state index in [4.69, 9.17) is 23.9 Å². The first-order chi connectivity index (χ1) is 33.6. The molecule has 6 N–H and O–H groups in total. The standard InChI is InChI=1S/C54H69N5O12/c1-28(2)27-59-22-20-54(21-23-59)57-42-39-40-47(64)34(8)50-41(39)51(66)53(9,71-50)69-24-19-36(68-10)31(5)49(70-38(61)25-37(60)55-26-35-17-12-11-13-18-35)33(7)46(63)32(6)45(62)29(3)15-14-16-30(4)52(67)56-44(48(40)65)43(42)58-54/h11-19,24,28-29,31-33,36,45-46,49,57,62-65H,20-23,25-27H2,1-10H3,(H,55,60)/b15-14+,24-19+,30-16-,56-44?/t29-,31+,32+,33+,36-,45-,46+,49+,53-/m0/s1. The van der Waals surface area contributed by atoms with Crippen LogP contribution in [0.2, 0.25) is 0 Å². The van der Waals surface area contributed by atoms with Crippen LogP contribution < -0.4 is 26.1 Å². The van der Waals surface area contributed by atoms with Crippen LogP contribution >= 0.6 is 0 Å². The third-order valence-electron chi connectivity index (χ3n) is 14.5. The first-order valence-corrected chi connectivity index (χ1v) is 24.5. The van der Waals surface area contributed by atoms with Crippen LogP contribution in [0.15, 0.2) is 76.5 Å². The number of carbonyl (C=O) groups is 4. The molecule has 3 aromatic rings. The van der Waals surface area contributed by atoms with E-state index in [1.165, 1.54) is 39.4 Å². The Morgan fingerprint density at radius 1 is 0.944 bits per heavy atom. The second kappa shape index (κ2) is 21.3. The van der Waals surface area contributed by atoms with E-state index in [-0.39, 0.29) is 50.5 Å². The number of nitrogens with one attached hydrogen (secondary N) is 2. The number of likely N-dealkylation sites (tertiary alicyclic amines) is 1. The normalized spacial score (nSPS) is 29.6. The fraction of sp³-hybridized carbons (Fsp3) is 0.519. The monoisotopic (exact) mass is 979 g/mol. The van der Waals surface area contributed by atoms with E-state index in [0.717, 1.165) is 12.1 Å². The number of nitrogens with zero attached hydrogens (tertiary/aromatic N) is 3. The quantitative estimate of drug-likeness (QED) is 0.0938. The molecule has 382 valence electrons. The van der Waals surface area contributed by atoms with Crippen molar-refractivity contribution in [3.63, 3.8) is 0 Å². The van der Waals surface area contributed by atoms with Gasteiger partial charge in [-0.25, -0.2) is 4.99 Å². The summed E-state index contributed by atoms with van der Waals surface area (Å²) in [7, 11) is 1.43. The van der Waals surface area contributed by atoms with Crippen LogP contribution in [0, 0.1) is 36.5 Å². The maximum absolute atomic E-state index is 14.9. The minimum Gasteiger partial charge on any atom is -0.507 e. The Kier molecular flexibility index (Phi) is 15.8. The maximum atomic E-state index is 14.9. The molecule has 17 nitrogen and oxygen atoms in total. The van der Waals surface area contributed by atoms with E-state index >= 15 is 0 Å². The third kappa shape index (κ3) is 10.7. The van der Waals surface area contributed by atoms with Crippen molar-refractivity contribution in [2.75, 3.05) is 32.1 Å². The number of fused-ring (bicyclic) bond motifs is 13. The second-order valence-corrected chi connectivity index (χ2v) is 20.3. The summed E-state index contributed by atoms with van der Waals surface area (Å²) in [5.74, 6) is -8.15. The van der Waals surface area contributed by atoms with E-state index in [9.17, 15) is 39.6 Å². The molecule has 5 heterocycles. The number of hydrogen-bond donors (Lipinski definition) is 6. The lowest BCUT2D eigenvalue weighted by molar-refractivity contribution is -0.164. The largest absolute Gasteiger partial charge is 0.507 e. The number of aliphatic hydroxyl groups is 2. The van der Waals surface area contributed by atoms with Gasteiger partial charge in [0.25, 0.3) is 11.7 Å². The predicted molar refractivity (Wildman–Crippen MR) is 265 cm³/mol. The minimum atomic E-state index is -2.02. The van der Waals surface area contributed by atoms with Crippen LogP contribution in [-0.2, 0) is 35.1 Å². The number of rotatable bonds is 8. The van der Waals surface area contributed by atoms with Gasteiger partial charge in [-0.1, -0.05) is 90.1 Å². The van der Waals surface area contributed by atoms with E-state index in [1.807, 2.05) is 30.3 Å². The average Bonchev–Trinajstić information content (AvgIpc) is 3.84. The van der Waals surface area contributed by atoms with Gasteiger partial charge < -0.3 is 54.9 Å². The number of piperidine rings is 1. The molecule has 3 aromatic carbocycles. The van der Waals surface area contributed by atoms with Gasteiger partial charge in [0.15, 0.2) is 5.75 Å². The number of hydrogen-bond acceptors (Lipinski definition) is 15. The van der Waals surface area contributed by atoms with Crippen molar-refractivity contribution in [3.8, 4) is 17.2 Å². The highest BCUT2D eigenvalue weighted by molar-refractivity contribution is 6.21. The van der Waals surface area contributed by atoms with Crippen molar-refractivity contribution in [1.29, 1.82) is 0 Å². The molecule has 9 atom stereocenters. The lowest BCUT2D eigenvalue weighted by atomic mass is 9.78. The summed E-state index contributed by atoms with van der Waals surface area (Å²) in [6, 6.07) is 9.21. The Bertz CT molecular complexity index is 2770. The van der Waals surface area contributed by atoms with Gasteiger partial charge in [0.05, 0.1) is 41.2 Å². The number of ether oxygens (including phenoxy) is 4. The summed E-state index contributed by atoms with van der Waals surface area (Å²) < 4.78 is 24.5. The molecule has 0 saturated carbocycles. The molecule has 0 radical (unpaired) electrons. The van der Waals surface area contributed by atoms with Crippen molar-refractivity contribution in [3.05, 3.63) is 93.9 Å². The molecule has 1 saturated heterocycles. The molecule has 2 amide bonds. The molecular weight excluding hydrogens is 911 g/mol. The molecule has 1 spiro atoms. The summed E-state index contributed by atoms with van der Waals surface area (Å²) in [6.45, 7) is 18.2. The predicted octanol–water partition coefficient (Wildman–Crippen LogP) is 5.44. The van der Waals surface area contributed by atoms with E-state index in [2.05, 4.69) is 34.4 Å². The lowest BCUT2D eigenvalue weighted by Crippen LogP contribution is -2.47. The number of Topliss-reactive ketones (excluding diaryl/α,β-unsaturated/α-hetero) is 1. The number of carbonyl (C=O) groups excluding carboxylic acids is 4. The van der Waals surface area contributed by atoms with E-state index < -0.39 is 101 Å². The highest BCUT2D eigenvalue weighted by atomic mass is 16.7. The number of ketones is 1. The fourth-order valence-corrected chi connectivity index (χ4v) is 10.2. The highest BCUT2D eigenvalue weighted by Gasteiger charge is 2.51. The zero-order valence-corrected chi connectivity index (χ0v) is 42.3. The lowest BCUT2D eigenvalue weighted by Gasteiger charge is -2.38. The van der Waals surface area contributed by atoms with Crippen LogP contribution in [0.3, 0.4) is 0 Å². The summed E-state index contributed by atoms with van der Waals surface area (Å²) in [5, 5.41) is 53.9. The summed E-state index contributed by atoms with van der Waals surface area (Å²) in [5.41, 5.74) is 0.586. The molecule has 5 bridgehead atoms. The molecule has 8 rings (SSSR count). The first-order valence-electron chi connectivity index (χ1n) is 24.5. The second-order valence-electron chi connectivity index (χ2n) is 20.3. The molecule has 1 fully saturated rings. The number of amides is 2. The minimum absolute atomic E-state index is 0.0213. The molecule has 5 aliphatic rings. The van der Waals surface area contributed by atoms with Crippen molar-refractivity contribution in [2.24, 2.45) is 39.6 Å². The van der Waals surface area contributed by atoms with Crippen molar-refractivity contribution in [2.45, 2.75) is 124 Å². The van der Waals surface area contributed by atoms with Crippen LogP contribution in [0.5, 0.6) is 17.2 Å². The number of benzene rings is 3. The molecule has 0 unspecified atom stereocenters. The van der Waals surface area contributed by atoms with Crippen LogP contribution in [-0.4, -0.2) is 112 Å². The smallest absolute Gasteiger partial charge is 0.315 e. The first kappa shape index (κ1) is 52.7. The van der Waals surface area contributed by atoms with E-state index in [0.29, 0.717) is 37.5 Å². The van der Waals surface area contributed by atoms with Gasteiger partial charge in [-0.3, -0.25) is 24.2 Å². The summed E-state index contributed by atoms with van der Waals surface area (Å²) in [6.07, 6.45) is 3.71.